The van der Waals surface area contributed by atoms with Crippen LogP contribution in [0.25, 0.3) is 0 Å². The van der Waals surface area contributed by atoms with Gasteiger partial charge in [0.25, 0.3) is 0 Å². The Kier molecular flexibility index (Phi) is 43.5. The fraction of sp³-hybridized carbons (Fsp3) is 0.904. The van der Waals surface area contributed by atoms with Gasteiger partial charge in [-0.05, 0) is 25.7 Å². The maximum Gasteiger partial charge on any atom is 0.472 e. The summed E-state index contributed by atoms with van der Waals surface area (Å²) in [5.41, 5.74) is 0. The molecule has 0 fully saturated rings. The third kappa shape index (κ3) is 46.8. The molecule has 3 atom stereocenters. The highest BCUT2D eigenvalue weighted by molar-refractivity contribution is 7.47. The summed E-state index contributed by atoms with van der Waals surface area (Å²) in [6.45, 7) is 4.74. The number of amides is 1. The van der Waals surface area contributed by atoms with Crippen LogP contribution >= 0.6 is 7.82 Å². The van der Waals surface area contributed by atoms with Crippen LogP contribution in [0.15, 0.2) is 24.3 Å². The molecular formula is C52H104N2O6P+. The quantitative estimate of drug-likeness (QED) is 0.0243. The summed E-state index contributed by atoms with van der Waals surface area (Å²) < 4.78 is 23.5. The molecule has 1 amide bonds. The number of nitrogens with zero attached hydrogens (tertiary/aromatic N) is 1. The minimum atomic E-state index is -4.34. The predicted octanol–water partition coefficient (Wildman–Crippen LogP) is 15.3. The van der Waals surface area contributed by atoms with Crippen molar-refractivity contribution in [3.05, 3.63) is 24.3 Å². The third-order valence-corrected chi connectivity index (χ3v) is 12.9. The van der Waals surface area contributed by atoms with E-state index < -0.39 is 20.0 Å². The number of aliphatic hydroxyl groups excluding tert-OH is 1. The minimum Gasteiger partial charge on any atom is -0.387 e. The number of carbonyl (C=O) groups is 1. The molecule has 0 saturated heterocycles. The van der Waals surface area contributed by atoms with Gasteiger partial charge in [0.05, 0.1) is 39.9 Å². The summed E-state index contributed by atoms with van der Waals surface area (Å²) in [5, 5.41) is 13.7. The van der Waals surface area contributed by atoms with Gasteiger partial charge in [-0.15, -0.1) is 0 Å². The molecule has 0 aromatic heterocycles. The maximum atomic E-state index is 12.9. The Morgan fingerprint density at radius 2 is 0.902 bits per heavy atom. The molecule has 0 aliphatic heterocycles. The minimum absolute atomic E-state index is 0.0578. The van der Waals surface area contributed by atoms with Gasteiger partial charge in [0.15, 0.2) is 0 Å². The lowest BCUT2D eigenvalue weighted by molar-refractivity contribution is -0.870. The molecule has 3 unspecified atom stereocenters. The molecule has 3 N–H and O–H groups in total. The number of allylic oxidation sites excluding steroid dienone is 3. The Bertz CT molecular complexity index is 1050. The maximum absolute atomic E-state index is 12.9. The summed E-state index contributed by atoms with van der Waals surface area (Å²) >= 11 is 0. The predicted molar refractivity (Wildman–Crippen MR) is 263 cm³/mol. The molecule has 0 rings (SSSR count). The van der Waals surface area contributed by atoms with Crippen molar-refractivity contribution in [3.8, 4) is 0 Å². The summed E-state index contributed by atoms with van der Waals surface area (Å²) in [7, 11) is 1.56. The van der Waals surface area contributed by atoms with Gasteiger partial charge in [0.2, 0.25) is 5.91 Å². The van der Waals surface area contributed by atoms with Gasteiger partial charge in [0, 0.05) is 6.42 Å². The molecule has 0 saturated carbocycles. The molecule has 0 aromatic carbocycles. The van der Waals surface area contributed by atoms with Gasteiger partial charge in [-0.1, -0.05) is 244 Å². The van der Waals surface area contributed by atoms with Crippen molar-refractivity contribution < 1.29 is 32.9 Å². The molecule has 0 bridgehead atoms. The van der Waals surface area contributed by atoms with Gasteiger partial charge in [0.1, 0.15) is 13.2 Å². The smallest absolute Gasteiger partial charge is 0.387 e. The van der Waals surface area contributed by atoms with Crippen LogP contribution in [-0.2, 0) is 18.4 Å². The van der Waals surface area contributed by atoms with Gasteiger partial charge in [-0.2, -0.15) is 0 Å². The Morgan fingerprint density at radius 3 is 1.30 bits per heavy atom. The molecule has 0 aromatic rings. The Balaban J connectivity index is 3.90. The lowest BCUT2D eigenvalue weighted by Crippen LogP contribution is -2.45. The first-order chi connectivity index (χ1) is 29.5. The van der Waals surface area contributed by atoms with E-state index in [0.29, 0.717) is 17.4 Å². The zero-order chi connectivity index (χ0) is 45.0. The average Bonchev–Trinajstić information content (AvgIpc) is 3.21. The van der Waals surface area contributed by atoms with E-state index >= 15 is 0 Å². The lowest BCUT2D eigenvalue weighted by atomic mass is 10.0. The van der Waals surface area contributed by atoms with E-state index in [1.54, 1.807) is 6.08 Å². The van der Waals surface area contributed by atoms with E-state index in [0.717, 1.165) is 38.5 Å². The summed E-state index contributed by atoms with van der Waals surface area (Å²) in [6.07, 6.45) is 54.6. The zero-order valence-corrected chi connectivity index (χ0v) is 42.1. The highest BCUT2D eigenvalue weighted by Gasteiger charge is 2.27. The van der Waals surface area contributed by atoms with Crippen LogP contribution in [0.2, 0.25) is 0 Å². The van der Waals surface area contributed by atoms with E-state index in [4.69, 9.17) is 9.05 Å². The molecule has 61 heavy (non-hydrogen) atoms. The molecule has 0 radical (unpaired) electrons. The highest BCUT2D eigenvalue weighted by atomic mass is 31.2. The highest BCUT2D eigenvalue weighted by Crippen LogP contribution is 2.43. The van der Waals surface area contributed by atoms with E-state index in [-0.39, 0.29) is 19.1 Å². The third-order valence-electron chi connectivity index (χ3n) is 11.9. The van der Waals surface area contributed by atoms with Crippen LogP contribution in [0.1, 0.15) is 251 Å². The number of phosphoric ester groups is 1. The molecule has 0 spiro atoms. The van der Waals surface area contributed by atoms with E-state index in [9.17, 15) is 19.4 Å². The number of quaternary nitrogens is 1. The van der Waals surface area contributed by atoms with Gasteiger partial charge >= 0.3 is 7.82 Å². The molecule has 0 aliphatic rings. The van der Waals surface area contributed by atoms with Gasteiger partial charge < -0.3 is 19.8 Å². The zero-order valence-electron chi connectivity index (χ0n) is 41.2. The normalized spacial score (nSPS) is 14.3. The molecule has 8 nitrogen and oxygen atoms in total. The first-order valence-corrected chi connectivity index (χ1v) is 27.7. The average molecular weight is 884 g/mol. The SMILES string of the molecule is CCCC/C=C/CC/C=C/C(O)C(COP(=O)(O)OCC[N+](C)(C)C)NC(=O)CCCCCCCCCCCCCCCCCCCCCCCCCCCCCCCCC. The number of unbranched alkanes of at least 4 members (excludes halogenated alkanes) is 33. The van der Waals surface area contributed by atoms with Crippen molar-refractivity contribution in [1.82, 2.24) is 5.32 Å². The van der Waals surface area contributed by atoms with Crippen molar-refractivity contribution in [3.63, 3.8) is 0 Å². The van der Waals surface area contributed by atoms with Crippen molar-refractivity contribution in [2.75, 3.05) is 40.9 Å². The molecular weight excluding hydrogens is 780 g/mol. The second-order valence-corrected chi connectivity index (χ2v) is 20.7. The van der Waals surface area contributed by atoms with Crippen molar-refractivity contribution in [2.45, 2.75) is 264 Å². The van der Waals surface area contributed by atoms with E-state index in [1.807, 2.05) is 27.2 Å². The van der Waals surface area contributed by atoms with E-state index in [2.05, 4.69) is 31.3 Å². The lowest BCUT2D eigenvalue weighted by Gasteiger charge is -2.25. The fourth-order valence-electron chi connectivity index (χ4n) is 7.75. The van der Waals surface area contributed by atoms with Crippen LogP contribution in [-0.4, -0.2) is 73.4 Å². The van der Waals surface area contributed by atoms with Crippen LogP contribution < -0.4 is 5.32 Å². The Hall–Kier alpha value is -1.02. The largest absolute Gasteiger partial charge is 0.472 e. The topological polar surface area (TPSA) is 105 Å². The van der Waals surface area contributed by atoms with Crippen LogP contribution in [0.5, 0.6) is 0 Å². The molecule has 362 valence electrons. The number of likely N-dealkylation sites (N-methyl/N-ethyl adjacent to an activating group) is 1. The van der Waals surface area contributed by atoms with Crippen molar-refractivity contribution >= 4 is 13.7 Å². The second-order valence-electron chi connectivity index (χ2n) is 19.3. The number of carbonyl (C=O) groups excluding carboxylic acids is 1. The van der Waals surface area contributed by atoms with Gasteiger partial charge in [-0.25, -0.2) is 4.57 Å². The van der Waals surface area contributed by atoms with Crippen LogP contribution in [0.3, 0.4) is 0 Å². The number of nitrogens with one attached hydrogen (secondary N) is 1. The van der Waals surface area contributed by atoms with E-state index in [1.165, 1.54) is 193 Å². The molecule has 0 heterocycles. The first-order valence-electron chi connectivity index (χ1n) is 26.2. The van der Waals surface area contributed by atoms with Crippen LogP contribution in [0.4, 0.5) is 0 Å². The fourth-order valence-corrected chi connectivity index (χ4v) is 8.49. The number of hydrogen-bond donors (Lipinski definition) is 3. The summed E-state index contributed by atoms with van der Waals surface area (Å²) in [6, 6.07) is -0.857. The number of hydrogen-bond acceptors (Lipinski definition) is 5. The Morgan fingerprint density at radius 1 is 0.541 bits per heavy atom. The summed E-state index contributed by atoms with van der Waals surface area (Å²) in [4.78, 5) is 23.1. The van der Waals surface area contributed by atoms with Crippen LogP contribution in [0, 0.1) is 0 Å². The number of rotatable bonds is 48. The van der Waals surface area contributed by atoms with Crippen molar-refractivity contribution in [1.29, 1.82) is 0 Å². The second kappa shape index (κ2) is 44.2. The Labute approximate surface area is 379 Å². The first kappa shape index (κ1) is 60.0. The van der Waals surface area contributed by atoms with Crippen molar-refractivity contribution in [2.24, 2.45) is 0 Å². The molecule has 9 heteroatoms. The summed E-state index contributed by atoms with van der Waals surface area (Å²) in [5.74, 6) is -0.186. The number of aliphatic hydroxyl groups is 1. The standard InChI is InChI=1S/C52H103N2O6P/c1-6-8-10-12-14-16-17-18-19-20-21-22-23-24-25-26-27-28-29-30-31-32-33-34-35-36-37-38-40-42-44-46-52(56)53-50(49-60-61(57,58)59-48-47-54(3,4)5)51(55)45-43-41-39-15-13-11-9-7-2/h13,15,43,45,50-51,55H,6-12,14,16-42,44,46-49H2,1-5H3,(H-,53,56,57,58)/p+1/b15-13+,45-43+. The number of phosphoric acid groups is 1. The monoisotopic (exact) mass is 884 g/mol. The molecule has 0 aliphatic carbocycles. The van der Waals surface area contributed by atoms with Gasteiger partial charge in [-0.3, -0.25) is 13.8 Å².